The number of halogens is 1. The van der Waals surface area contributed by atoms with E-state index in [0.29, 0.717) is 17.6 Å². The minimum absolute atomic E-state index is 0.0667. The lowest BCUT2D eigenvalue weighted by Crippen LogP contribution is -2.57. The minimum Gasteiger partial charge on any atom is -0.349 e. The predicted octanol–water partition coefficient (Wildman–Crippen LogP) is 3.10. The molecule has 2 bridgehead atoms. The number of fused-ring (bicyclic) bond motifs is 2. The quantitative estimate of drug-likeness (QED) is 0.930. The fourth-order valence-electron chi connectivity index (χ4n) is 4.37. The van der Waals surface area contributed by atoms with E-state index in [1.807, 2.05) is 0 Å². The maximum Gasteiger partial charge on any atom is 0.251 e. The van der Waals surface area contributed by atoms with Crippen LogP contribution in [0.2, 0.25) is 0 Å². The number of hydrogen-bond acceptors (Lipinski definition) is 2. The van der Waals surface area contributed by atoms with Gasteiger partial charge in [0.05, 0.1) is 0 Å². The predicted molar refractivity (Wildman–Crippen MR) is 83.2 cm³/mol. The summed E-state index contributed by atoms with van der Waals surface area (Å²) in [7, 11) is 0. The van der Waals surface area contributed by atoms with Gasteiger partial charge in [0.25, 0.3) is 5.91 Å². The van der Waals surface area contributed by atoms with E-state index >= 15 is 0 Å². The van der Waals surface area contributed by atoms with Crippen molar-refractivity contribution < 1.29 is 9.18 Å². The Morgan fingerprint density at radius 2 is 1.64 bits per heavy atom. The van der Waals surface area contributed by atoms with Gasteiger partial charge in [-0.2, -0.15) is 0 Å². The average Bonchev–Trinajstić information content (AvgIpc) is 3.31. The molecule has 2 aliphatic heterocycles. The smallest absolute Gasteiger partial charge is 0.251 e. The summed E-state index contributed by atoms with van der Waals surface area (Å²) in [6.07, 6.45) is 8.74. The highest BCUT2D eigenvalue weighted by Gasteiger charge is 2.45. The molecule has 1 aromatic rings. The molecule has 22 heavy (non-hydrogen) atoms. The van der Waals surface area contributed by atoms with Crippen molar-refractivity contribution in [3.05, 3.63) is 35.6 Å². The lowest BCUT2D eigenvalue weighted by atomic mass is 9.81. The van der Waals surface area contributed by atoms with Crippen molar-refractivity contribution in [3.8, 4) is 0 Å². The Morgan fingerprint density at radius 3 is 2.23 bits per heavy atom. The van der Waals surface area contributed by atoms with E-state index in [9.17, 15) is 9.18 Å². The van der Waals surface area contributed by atoms with Crippen LogP contribution in [0.25, 0.3) is 0 Å². The summed E-state index contributed by atoms with van der Waals surface area (Å²) in [5.74, 6) is -0.369. The van der Waals surface area contributed by atoms with Crippen LogP contribution in [0.15, 0.2) is 24.3 Å². The summed E-state index contributed by atoms with van der Waals surface area (Å²) in [5.41, 5.74) is 0.552. The molecule has 1 aliphatic carbocycles. The van der Waals surface area contributed by atoms with E-state index in [1.165, 1.54) is 44.2 Å². The van der Waals surface area contributed by atoms with Crippen molar-refractivity contribution in [3.63, 3.8) is 0 Å². The summed E-state index contributed by atoms with van der Waals surface area (Å²) in [6, 6.07) is 8.21. The van der Waals surface area contributed by atoms with Crippen LogP contribution in [0.3, 0.4) is 0 Å². The van der Waals surface area contributed by atoms with Crippen molar-refractivity contribution in [2.45, 2.75) is 69.1 Å². The normalized spacial score (nSPS) is 31.8. The molecule has 0 unspecified atom stereocenters. The highest BCUT2D eigenvalue weighted by molar-refractivity contribution is 5.94. The van der Waals surface area contributed by atoms with Gasteiger partial charge in [-0.1, -0.05) is 6.42 Å². The number of nitrogens with one attached hydrogen (secondary N) is 1. The van der Waals surface area contributed by atoms with Crippen molar-refractivity contribution in [2.24, 2.45) is 0 Å². The van der Waals surface area contributed by atoms with Gasteiger partial charge in [0.1, 0.15) is 5.82 Å². The van der Waals surface area contributed by atoms with Crippen LogP contribution >= 0.6 is 0 Å². The SMILES string of the molecule is O=C(NC1C[C@H]2CCC[C@H](C1)N2C1CC1)c1ccc(F)cc1. The number of piperidine rings is 2. The number of hydrogen-bond donors (Lipinski definition) is 1. The topological polar surface area (TPSA) is 32.3 Å². The van der Waals surface area contributed by atoms with Crippen LogP contribution in [-0.2, 0) is 0 Å². The number of nitrogens with zero attached hydrogens (tertiary/aromatic N) is 1. The summed E-state index contributed by atoms with van der Waals surface area (Å²) in [4.78, 5) is 15.1. The Morgan fingerprint density at radius 1 is 1.00 bits per heavy atom. The fourth-order valence-corrected chi connectivity index (χ4v) is 4.37. The number of rotatable bonds is 3. The molecule has 2 atom stereocenters. The number of amides is 1. The van der Waals surface area contributed by atoms with Crippen LogP contribution in [-0.4, -0.2) is 35.0 Å². The van der Waals surface area contributed by atoms with Crippen LogP contribution < -0.4 is 5.32 Å². The van der Waals surface area contributed by atoms with E-state index < -0.39 is 0 Å². The standard InChI is InChI=1S/C18H23FN2O/c19-13-6-4-12(5-7-13)18(22)20-14-10-16-2-1-3-17(11-14)21(16)15-8-9-15/h4-7,14-17H,1-3,8-11H2,(H,20,22)/t16-,17-/m1/s1. The molecule has 118 valence electrons. The van der Waals surface area contributed by atoms with Crippen LogP contribution in [0, 0.1) is 5.82 Å². The number of carbonyl (C=O) groups excluding carboxylic acids is 1. The van der Waals surface area contributed by atoms with Gasteiger partial charge >= 0.3 is 0 Å². The lowest BCUT2D eigenvalue weighted by molar-refractivity contribution is 0.0175. The second-order valence-corrected chi connectivity index (χ2v) is 7.07. The van der Waals surface area contributed by atoms with E-state index in [1.54, 1.807) is 12.1 Å². The number of carbonyl (C=O) groups is 1. The Balaban J connectivity index is 1.41. The summed E-state index contributed by atoms with van der Waals surface area (Å²) < 4.78 is 13.0. The zero-order chi connectivity index (χ0) is 15.1. The summed E-state index contributed by atoms with van der Waals surface area (Å²) in [6.45, 7) is 0. The highest BCUT2D eigenvalue weighted by Crippen LogP contribution is 2.41. The first-order chi connectivity index (χ1) is 10.7. The molecule has 2 heterocycles. The molecule has 1 saturated carbocycles. The van der Waals surface area contributed by atoms with Gasteiger partial charge in [-0.15, -0.1) is 0 Å². The third-order valence-electron chi connectivity index (χ3n) is 5.44. The van der Waals surface area contributed by atoms with Gasteiger partial charge < -0.3 is 5.32 Å². The molecule has 0 spiro atoms. The Hall–Kier alpha value is -1.42. The van der Waals surface area contributed by atoms with Gasteiger partial charge in [0, 0.05) is 29.7 Å². The molecule has 3 fully saturated rings. The van der Waals surface area contributed by atoms with Crippen LogP contribution in [0.4, 0.5) is 4.39 Å². The van der Waals surface area contributed by atoms with Crippen molar-refractivity contribution in [2.75, 3.05) is 0 Å². The molecular weight excluding hydrogens is 279 g/mol. The second-order valence-electron chi connectivity index (χ2n) is 7.07. The zero-order valence-electron chi connectivity index (χ0n) is 12.8. The van der Waals surface area contributed by atoms with Crippen LogP contribution in [0.5, 0.6) is 0 Å². The molecule has 1 amide bonds. The fraction of sp³-hybridized carbons (Fsp3) is 0.611. The molecule has 0 aromatic heterocycles. The zero-order valence-corrected chi connectivity index (χ0v) is 12.8. The van der Waals surface area contributed by atoms with Gasteiger partial charge in [0.15, 0.2) is 0 Å². The number of benzene rings is 1. The molecule has 4 heteroatoms. The second kappa shape index (κ2) is 5.65. The van der Waals surface area contributed by atoms with Crippen molar-refractivity contribution in [1.29, 1.82) is 0 Å². The Labute approximate surface area is 130 Å². The van der Waals surface area contributed by atoms with Crippen molar-refractivity contribution in [1.82, 2.24) is 10.2 Å². The molecule has 2 saturated heterocycles. The highest BCUT2D eigenvalue weighted by atomic mass is 19.1. The van der Waals surface area contributed by atoms with E-state index in [-0.39, 0.29) is 17.8 Å². The van der Waals surface area contributed by atoms with Gasteiger partial charge in [-0.25, -0.2) is 4.39 Å². The van der Waals surface area contributed by atoms with Gasteiger partial charge in [0.2, 0.25) is 0 Å². The molecule has 3 aliphatic rings. The molecule has 4 rings (SSSR count). The van der Waals surface area contributed by atoms with Gasteiger partial charge in [-0.3, -0.25) is 9.69 Å². The molecule has 3 nitrogen and oxygen atoms in total. The Kier molecular flexibility index (Phi) is 3.65. The average molecular weight is 302 g/mol. The first-order valence-corrected chi connectivity index (χ1v) is 8.54. The van der Waals surface area contributed by atoms with Crippen molar-refractivity contribution >= 4 is 5.91 Å². The maximum absolute atomic E-state index is 13.0. The van der Waals surface area contributed by atoms with E-state index in [2.05, 4.69) is 10.2 Å². The lowest BCUT2D eigenvalue weighted by Gasteiger charge is -2.49. The molecular formula is C18H23FN2O. The largest absolute Gasteiger partial charge is 0.349 e. The molecule has 0 radical (unpaired) electrons. The third-order valence-corrected chi connectivity index (χ3v) is 5.44. The van der Waals surface area contributed by atoms with Crippen LogP contribution in [0.1, 0.15) is 55.3 Å². The first kappa shape index (κ1) is 14.2. The van der Waals surface area contributed by atoms with Gasteiger partial charge in [-0.05, 0) is 62.8 Å². The summed E-state index contributed by atoms with van der Waals surface area (Å²) >= 11 is 0. The maximum atomic E-state index is 13.0. The molecule has 1 aromatic carbocycles. The Bertz CT molecular complexity index is 541. The minimum atomic E-state index is -0.302. The molecule has 1 N–H and O–H groups in total. The third kappa shape index (κ3) is 2.76. The monoisotopic (exact) mass is 302 g/mol. The van der Waals surface area contributed by atoms with E-state index in [4.69, 9.17) is 0 Å². The summed E-state index contributed by atoms with van der Waals surface area (Å²) in [5, 5.41) is 3.18. The van der Waals surface area contributed by atoms with E-state index in [0.717, 1.165) is 18.9 Å². The first-order valence-electron chi connectivity index (χ1n) is 8.54.